The number of amides is 1. The number of sulfonamides is 1. The van der Waals surface area contributed by atoms with E-state index in [1.54, 1.807) is 6.07 Å². The van der Waals surface area contributed by atoms with Crippen molar-refractivity contribution in [1.82, 2.24) is 9.73 Å². The van der Waals surface area contributed by atoms with Crippen molar-refractivity contribution in [2.45, 2.75) is 11.8 Å². The maximum Gasteiger partial charge on any atom is 0.255 e. The first-order valence-corrected chi connectivity index (χ1v) is 9.79. The number of aryl methyl sites for hydroxylation is 1. The number of methoxy groups -OCH3 is 2. The Morgan fingerprint density at radius 1 is 1.18 bits per heavy atom. The van der Waals surface area contributed by atoms with Gasteiger partial charge in [0.2, 0.25) is 10.0 Å². The van der Waals surface area contributed by atoms with Gasteiger partial charge in [-0.2, -0.15) is 9.41 Å². The maximum atomic E-state index is 12.8. The second kappa shape index (κ2) is 9.34. The Kier molecular flexibility index (Phi) is 7.13. The number of hydrogen-bond acceptors (Lipinski definition) is 6. The lowest BCUT2D eigenvalue weighted by molar-refractivity contribution is -0.121. The molecule has 28 heavy (non-hydrogen) atoms. The molecule has 2 rings (SSSR count). The standard InChI is InChI=1S/C19H23N3O5S/c1-14-6-5-7-15(10-14)12-20-21-19(23)13-22(2)28(24,25)18-11-16(26-3)8-9-17(18)27-4/h5-12H,13H2,1-4H3,(H,21,23). The zero-order chi connectivity index (χ0) is 20.7. The number of hydrazone groups is 1. The van der Waals surface area contributed by atoms with E-state index in [2.05, 4.69) is 10.5 Å². The number of ether oxygens (including phenoxy) is 2. The first-order chi connectivity index (χ1) is 13.3. The van der Waals surface area contributed by atoms with Crippen molar-refractivity contribution in [3.8, 4) is 11.5 Å². The molecule has 150 valence electrons. The highest BCUT2D eigenvalue weighted by Crippen LogP contribution is 2.30. The number of carbonyl (C=O) groups is 1. The van der Waals surface area contributed by atoms with Gasteiger partial charge >= 0.3 is 0 Å². The molecule has 0 atom stereocenters. The zero-order valence-electron chi connectivity index (χ0n) is 16.2. The zero-order valence-corrected chi connectivity index (χ0v) is 17.0. The van der Waals surface area contributed by atoms with E-state index in [0.717, 1.165) is 15.4 Å². The fourth-order valence-electron chi connectivity index (χ4n) is 2.41. The molecule has 0 aromatic heterocycles. The first-order valence-electron chi connectivity index (χ1n) is 8.35. The lowest BCUT2D eigenvalue weighted by Gasteiger charge is -2.18. The Morgan fingerprint density at radius 2 is 1.93 bits per heavy atom. The van der Waals surface area contributed by atoms with Crippen LogP contribution in [-0.4, -0.2) is 52.7 Å². The number of carbonyl (C=O) groups excluding carboxylic acids is 1. The van der Waals surface area contributed by atoms with Crippen molar-refractivity contribution in [3.05, 3.63) is 53.6 Å². The Hall–Kier alpha value is -2.91. The van der Waals surface area contributed by atoms with Gasteiger partial charge in [-0.25, -0.2) is 13.8 Å². The highest BCUT2D eigenvalue weighted by Gasteiger charge is 2.27. The number of hydrogen-bond donors (Lipinski definition) is 1. The molecule has 0 heterocycles. The predicted molar refractivity (Wildman–Crippen MR) is 106 cm³/mol. The second-order valence-corrected chi connectivity index (χ2v) is 8.00. The second-order valence-electron chi connectivity index (χ2n) is 5.99. The van der Waals surface area contributed by atoms with E-state index >= 15 is 0 Å². The van der Waals surface area contributed by atoms with Crippen LogP contribution in [0.2, 0.25) is 0 Å². The Labute approximate surface area is 164 Å². The van der Waals surface area contributed by atoms with Crippen molar-refractivity contribution < 1.29 is 22.7 Å². The van der Waals surface area contributed by atoms with Crippen LogP contribution >= 0.6 is 0 Å². The highest BCUT2D eigenvalue weighted by molar-refractivity contribution is 7.89. The van der Waals surface area contributed by atoms with Gasteiger partial charge in [-0.1, -0.05) is 29.8 Å². The van der Waals surface area contributed by atoms with E-state index in [4.69, 9.17) is 9.47 Å². The largest absolute Gasteiger partial charge is 0.497 e. The fraction of sp³-hybridized carbons (Fsp3) is 0.263. The van der Waals surface area contributed by atoms with Crippen LogP contribution < -0.4 is 14.9 Å². The van der Waals surface area contributed by atoms with Crippen LogP contribution in [0.25, 0.3) is 0 Å². The van der Waals surface area contributed by atoms with E-state index < -0.39 is 22.5 Å². The molecule has 0 bridgehead atoms. The molecule has 0 aliphatic carbocycles. The summed E-state index contributed by atoms with van der Waals surface area (Å²) < 4.78 is 36.8. The van der Waals surface area contributed by atoms with Gasteiger partial charge in [0.15, 0.2) is 0 Å². The number of benzene rings is 2. The summed E-state index contributed by atoms with van der Waals surface area (Å²) in [5.41, 5.74) is 4.21. The van der Waals surface area contributed by atoms with Gasteiger partial charge < -0.3 is 9.47 Å². The Bertz CT molecular complexity index is 973. The molecule has 0 fully saturated rings. The van der Waals surface area contributed by atoms with E-state index in [-0.39, 0.29) is 10.6 Å². The van der Waals surface area contributed by atoms with Gasteiger partial charge in [-0.05, 0) is 24.6 Å². The molecule has 0 aliphatic rings. The molecule has 0 aliphatic heterocycles. The van der Waals surface area contributed by atoms with E-state index in [1.807, 2.05) is 31.2 Å². The van der Waals surface area contributed by atoms with Crippen molar-refractivity contribution in [2.24, 2.45) is 5.10 Å². The van der Waals surface area contributed by atoms with Gasteiger partial charge in [0.25, 0.3) is 5.91 Å². The summed E-state index contributed by atoms with van der Waals surface area (Å²) >= 11 is 0. The molecular weight excluding hydrogens is 382 g/mol. The molecule has 2 aromatic rings. The lowest BCUT2D eigenvalue weighted by atomic mass is 10.2. The molecule has 1 N–H and O–H groups in total. The third-order valence-electron chi connectivity index (χ3n) is 3.87. The molecule has 0 unspecified atom stereocenters. The SMILES string of the molecule is COc1ccc(OC)c(S(=O)(=O)N(C)CC(=O)NN=Cc2cccc(C)c2)c1. The Balaban J connectivity index is 2.08. The van der Waals surface area contributed by atoms with Crippen LogP contribution in [-0.2, 0) is 14.8 Å². The monoisotopic (exact) mass is 405 g/mol. The van der Waals surface area contributed by atoms with Gasteiger partial charge in [0, 0.05) is 13.1 Å². The van der Waals surface area contributed by atoms with Crippen molar-refractivity contribution in [1.29, 1.82) is 0 Å². The lowest BCUT2D eigenvalue weighted by Crippen LogP contribution is -2.36. The van der Waals surface area contributed by atoms with Crippen LogP contribution in [0.15, 0.2) is 52.5 Å². The van der Waals surface area contributed by atoms with Crippen LogP contribution in [0.3, 0.4) is 0 Å². The van der Waals surface area contributed by atoms with Gasteiger partial charge in [0.05, 0.1) is 27.0 Å². The summed E-state index contributed by atoms with van der Waals surface area (Å²) in [4.78, 5) is 12.0. The minimum atomic E-state index is -3.98. The minimum Gasteiger partial charge on any atom is -0.497 e. The molecular formula is C19H23N3O5S. The number of nitrogens with zero attached hydrogens (tertiary/aromatic N) is 2. The molecule has 0 radical (unpaired) electrons. The summed E-state index contributed by atoms with van der Waals surface area (Å²) in [5.74, 6) is -0.0534. The molecule has 2 aromatic carbocycles. The molecule has 9 heteroatoms. The average molecular weight is 405 g/mol. The summed E-state index contributed by atoms with van der Waals surface area (Å²) in [6, 6.07) is 12.0. The number of likely N-dealkylation sites (N-methyl/N-ethyl adjacent to an activating group) is 1. The van der Waals surface area contributed by atoms with E-state index in [0.29, 0.717) is 5.75 Å². The highest BCUT2D eigenvalue weighted by atomic mass is 32.2. The van der Waals surface area contributed by atoms with Gasteiger partial charge in [-0.3, -0.25) is 4.79 Å². The van der Waals surface area contributed by atoms with Crippen molar-refractivity contribution in [3.63, 3.8) is 0 Å². The number of rotatable bonds is 8. The van der Waals surface area contributed by atoms with Gasteiger partial charge in [-0.15, -0.1) is 0 Å². The fourth-order valence-corrected chi connectivity index (χ4v) is 3.70. The van der Waals surface area contributed by atoms with Crippen LogP contribution in [0.5, 0.6) is 11.5 Å². The Morgan fingerprint density at radius 3 is 2.57 bits per heavy atom. The third-order valence-corrected chi connectivity index (χ3v) is 5.69. The summed E-state index contributed by atoms with van der Waals surface area (Å²) in [6.45, 7) is 1.54. The van der Waals surface area contributed by atoms with Crippen LogP contribution in [0.4, 0.5) is 0 Å². The molecule has 0 spiro atoms. The first kappa shape index (κ1) is 21.4. The minimum absolute atomic E-state index is 0.0899. The predicted octanol–water partition coefficient (Wildman–Crippen LogP) is 1.78. The molecule has 0 saturated carbocycles. The summed E-state index contributed by atoms with van der Waals surface area (Å²) in [7, 11) is 0.128. The number of nitrogens with one attached hydrogen (secondary N) is 1. The maximum absolute atomic E-state index is 12.8. The topological polar surface area (TPSA) is 97.3 Å². The molecule has 8 nitrogen and oxygen atoms in total. The third kappa shape index (κ3) is 5.30. The summed E-state index contributed by atoms with van der Waals surface area (Å²) in [5, 5.41) is 3.86. The van der Waals surface area contributed by atoms with Crippen LogP contribution in [0.1, 0.15) is 11.1 Å². The van der Waals surface area contributed by atoms with Crippen molar-refractivity contribution >= 4 is 22.1 Å². The average Bonchev–Trinajstić information content (AvgIpc) is 2.67. The van der Waals surface area contributed by atoms with E-state index in [1.165, 1.54) is 39.6 Å². The summed E-state index contributed by atoms with van der Waals surface area (Å²) in [6.07, 6.45) is 1.49. The normalized spacial score (nSPS) is 11.6. The van der Waals surface area contributed by atoms with Gasteiger partial charge in [0.1, 0.15) is 16.4 Å². The smallest absolute Gasteiger partial charge is 0.255 e. The van der Waals surface area contributed by atoms with E-state index in [9.17, 15) is 13.2 Å². The quantitative estimate of drug-likeness (QED) is 0.533. The van der Waals surface area contributed by atoms with Crippen molar-refractivity contribution in [2.75, 3.05) is 27.8 Å². The van der Waals surface area contributed by atoms with Crippen LogP contribution in [0, 0.1) is 6.92 Å². The molecule has 1 amide bonds. The molecule has 0 saturated heterocycles.